The van der Waals surface area contributed by atoms with E-state index in [1.54, 1.807) is 29.5 Å². The van der Waals surface area contributed by atoms with Crippen molar-refractivity contribution in [3.8, 4) is 11.5 Å². The van der Waals surface area contributed by atoms with Crippen molar-refractivity contribution >= 4 is 23.2 Å². The molecule has 4 N–H and O–H groups in total. The summed E-state index contributed by atoms with van der Waals surface area (Å²) in [5, 5.41) is 28.0. The zero-order chi connectivity index (χ0) is 29.9. The molecule has 0 spiro atoms. The second-order valence-electron chi connectivity index (χ2n) is 10.2. The lowest BCUT2D eigenvalue weighted by Gasteiger charge is -2.23. The largest absolute Gasteiger partial charge is 0.508 e. The van der Waals surface area contributed by atoms with Crippen LogP contribution in [0.3, 0.4) is 0 Å². The predicted molar refractivity (Wildman–Crippen MR) is 164 cm³/mol. The molecule has 1 aliphatic rings. The molecule has 5 rings (SSSR count). The highest BCUT2D eigenvalue weighted by Crippen LogP contribution is 2.34. The number of aromatic nitrogens is 2. The van der Waals surface area contributed by atoms with Gasteiger partial charge in [0.25, 0.3) is 11.8 Å². The number of nitrogens with one attached hydrogen (secondary N) is 2. The first kappa shape index (κ1) is 30.7. The molecule has 0 saturated carbocycles. The lowest BCUT2D eigenvalue weighted by atomic mass is 10.1. The van der Waals surface area contributed by atoms with E-state index in [-0.39, 0.29) is 29.4 Å². The van der Waals surface area contributed by atoms with Crippen LogP contribution in [0.15, 0.2) is 72.4 Å². The van der Waals surface area contributed by atoms with Crippen molar-refractivity contribution in [3.05, 3.63) is 105 Å². The summed E-state index contributed by atoms with van der Waals surface area (Å²) in [6.45, 7) is 6.27. The maximum atomic E-state index is 13.2. The number of likely N-dealkylation sites (tertiary alicyclic amines) is 1. The molecule has 1 fully saturated rings. The number of nitrogens with zero attached hydrogens (tertiary/aromatic N) is 3. The quantitative estimate of drug-likeness (QED) is 0.200. The summed E-state index contributed by atoms with van der Waals surface area (Å²) in [6.07, 6.45) is 5.45. The van der Waals surface area contributed by atoms with Gasteiger partial charge in [-0.3, -0.25) is 14.6 Å². The molecule has 2 amide bonds. The number of amides is 2. The van der Waals surface area contributed by atoms with Gasteiger partial charge in [0.15, 0.2) is 0 Å². The van der Waals surface area contributed by atoms with Gasteiger partial charge in [-0.15, -0.1) is 11.3 Å². The number of carbonyl (C=O) groups is 2. The van der Waals surface area contributed by atoms with Crippen molar-refractivity contribution < 1.29 is 19.8 Å². The smallest absolute Gasteiger partial charge is 0.256 e. The summed E-state index contributed by atoms with van der Waals surface area (Å²) < 4.78 is 0. The topological polar surface area (TPSA) is 128 Å². The van der Waals surface area contributed by atoms with Gasteiger partial charge in [0.1, 0.15) is 16.5 Å². The van der Waals surface area contributed by atoms with Gasteiger partial charge in [0.05, 0.1) is 17.2 Å². The first-order valence-corrected chi connectivity index (χ1v) is 14.9. The number of hydrogen-bond acceptors (Lipinski definition) is 8. The van der Waals surface area contributed by atoms with Gasteiger partial charge < -0.3 is 25.7 Å². The average Bonchev–Trinajstić information content (AvgIpc) is 3.64. The van der Waals surface area contributed by atoms with Gasteiger partial charge in [-0.05, 0) is 63.4 Å². The number of aryl methyl sites for hydroxylation is 2. The molecule has 2 aromatic heterocycles. The monoisotopic (exact) mass is 587 g/mol. The van der Waals surface area contributed by atoms with E-state index in [1.165, 1.54) is 24.0 Å². The van der Waals surface area contributed by atoms with Crippen LogP contribution >= 0.6 is 11.3 Å². The normalized spacial score (nSPS) is 14.2. The van der Waals surface area contributed by atoms with E-state index < -0.39 is 0 Å². The molecule has 1 atom stereocenters. The number of aromatic hydroxyl groups is 2. The maximum Gasteiger partial charge on any atom is 0.256 e. The van der Waals surface area contributed by atoms with Crippen molar-refractivity contribution in [1.82, 2.24) is 25.5 Å². The average molecular weight is 588 g/mol. The Morgan fingerprint density at radius 1 is 1.00 bits per heavy atom. The van der Waals surface area contributed by atoms with Crippen LogP contribution in [-0.2, 0) is 6.54 Å². The van der Waals surface area contributed by atoms with Crippen LogP contribution in [0.2, 0.25) is 0 Å². The molecule has 42 heavy (non-hydrogen) atoms. The summed E-state index contributed by atoms with van der Waals surface area (Å²) in [7, 11) is 0. The molecule has 1 saturated heterocycles. The number of benzene rings is 2. The zero-order valence-electron chi connectivity index (χ0n) is 23.9. The third-order valence-electron chi connectivity index (χ3n) is 6.73. The molecule has 1 unspecified atom stereocenters. The van der Waals surface area contributed by atoms with Gasteiger partial charge in [0, 0.05) is 49.2 Å². The standard InChI is InChI=1S/C25H29N5O4S.C7H8/c1-16-15-35-24(29-16)22-4-2-7-30(22)25(34)19-10-18(13-27-14-19)23(33)28-6-3-5-26-12-17-8-20(31)11-21(32)9-17;1-7-5-3-2-4-6-7/h8-11,13-15,22,26,31-32H,2-7,12H2,1H3,(H,28,33);2-6H,1H3. The van der Waals surface area contributed by atoms with Gasteiger partial charge in [-0.2, -0.15) is 0 Å². The van der Waals surface area contributed by atoms with E-state index in [1.807, 2.05) is 35.4 Å². The van der Waals surface area contributed by atoms with E-state index in [0.29, 0.717) is 43.7 Å². The van der Waals surface area contributed by atoms with E-state index in [2.05, 4.69) is 39.7 Å². The summed E-state index contributed by atoms with van der Waals surface area (Å²) in [4.78, 5) is 36.3. The lowest BCUT2D eigenvalue weighted by molar-refractivity contribution is 0.0735. The molecular weight excluding hydrogens is 550 g/mol. The molecular formula is C32H37N5O4S. The van der Waals surface area contributed by atoms with Gasteiger partial charge in [-0.25, -0.2) is 4.98 Å². The van der Waals surface area contributed by atoms with Crippen molar-refractivity contribution in [2.75, 3.05) is 19.6 Å². The SMILES string of the molecule is Cc1ccccc1.Cc1csc(C2CCCN2C(=O)c2cncc(C(=O)NCCCNCc3cc(O)cc(O)c3)c2)n1. The number of carbonyl (C=O) groups excluding carboxylic acids is 2. The van der Waals surface area contributed by atoms with E-state index in [9.17, 15) is 19.8 Å². The van der Waals surface area contributed by atoms with Crippen LogP contribution in [0.5, 0.6) is 11.5 Å². The second-order valence-corrected chi connectivity index (χ2v) is 11.1. The Kier molecular flexibility index (Phi) is 11.0. The first-order valence-electron chi connectivity index (χ1n) is 14.0. The second kappa shape index (κ2) is 15.1. The molecule has 4 aromatic rings. The Bertz CT molecular complexity index is 1460. The van der Waals surface area contributed by atoms with Crippen LogP contribution in [0, 0.1) is 13.8 Å². The Morgan fingerprint density at radius 3 is 2.40 bits per heavy atom. The van der Waals surface area contributed by atoms with Crippen molar-refractivity contribution in [3.63, 3.8) is 0 Å². The number of thiazole rings is 1. The van der Waals surface area contributed by atoms with Crippen LogP contribution < -0.4 is 10.6 Å². The van der Waals surface area contributed by atoms with Gasteiger partial charge in [-0.1, -0.05) is 35.9 Å². The predicted octanol–water partition coefficient (Wildman–Crippen LogP) is 5.14. The number of pyridine rings is 1. The number of phenols is 2. The van der Waals surface area contributed by atoms with Crippen LogP contribution in [0.4, 0.5) is 0 Å². The van der Waals surface area contributed by atoms with E-state index in [0.717, 1.165) is 29.1 Å². The van der Waals surface area contributed by atoms with Crippen molar-refractivity contribution in [2.45, 2.75) is 45.7 Å². The summed E-state index contributed by atoms with van der Waals surface area (Å²) in [6, 6.07) is 16.3. The molecule has 9 nitrogen and oxygen atoms in total. The highest BCUT2D eigenvalue weighted by atomic mass is 32.1. The minimum atomic E-state index is -0.279. The van der Waals surface area contributed by atoms with Gasteiger partial charge in [0.2, 0.25) is 0 Å². The maximum absolute atomic E-state index is 13.2. The highest BCUT2D eigenvalue weighted by Gasteiger charge is 2.32. The van der Waals surface area contributed by atoms with E-state index >= 15 is 0 Å². The number of hydrogen-bond donors (Lipinski definition) is 4. The Morgan fingerprint density at radius 2 is 1.74 bits per heavy atom. The van der Waals surface area contributed by atoms with Gasteiger partial charge >= 0.3 is 0 Å². The van der Waals surface area contributed by atoms with Crippen molar-refractivity contribution in [1.29, 1.82) is 0 Å². The van der Waals surface area contributed by atoms with Crippen LogP contribution in [0.25, 0.3) is 0 Å². The zero-order valence-corrected chi connectivity index (χ0v) is 24.7. The van der Waals surface area contributed by atoms with Crippen LogP contribution in [0.1, 0.15) is 67.8 Å². The fraction of sp³-hybridized carbons (Fsp3) is 0.312. The van der Waals surface area contributed by atoms with E-state index in [4.69, 9.17) is 0 Å². The molecule has 220 valence electrons. The minimum Gasteiger partial charge on any atom is -0.508 e. The summed E-state index contributed by atoms with van der Waals surface area (Å²) in [5.74, 6) is -0.382. The Hall–Kier alpha value is -4.28. The summed E-state index contributed by atoms with van der Waals surface area (Å²) >= 11 is 1.57. The van der Waals surface area contributed by atoms with Crippen molar-refractivity contribution in [2.24, 2.45) is 0 Å². The highest BCUT2D eigenvalue weighted by molar-refractivity contribution is 7.09. The third-order valence-corrected chi connectivity index (χ3v) is 7.79. The Labute approximate surface area is 250 Å². The molecule has 0 bridgehead atoms. The fourth-order valence-corrected chi connectivity index (χ4v) is 5.62. The minimum absolute atomic E-state index is 0.0157. The molecule has 10 heteroatoms. The molecule has 0 radical (unpaired) electrons. The first-order chi connectivity index (χ1) is 20.3. The molecule has 0 aliphatic carbocycles. The molecule has 2 aromatic carbocycles. The van der Waals surface area contributed by atoms with Crippen LogP contribution in [-0.4, -0.2) is 56.5 Å². The molecule has 1 aliphatic heterocycles. The third kappa shape index (κ3) is 8.86. The Balaban J connectivity index is 0.000000507. The fourth-order valence-electron chi connectivity index (χ4n) is 4.68. The summed E-state index contributed by atoms with van der Waals surface area (Å²) in [5.41, 5.74) is 3.79. The lowest BCUT2D eigenvalue weighted by Crippen LogP contribution is -2.31. The number of rotatable bonds is 9. The molecule has 3 heterocycles. The number of phenolic OH excluding ortho intramolecular Hbond substituents is 2.